The van der Waals surface area contributed by atoms with E-state index in [1.165, 1.54) is 0 Å². The van der Waals surface area contributed by atoms with E-state index in [9.17, 15) is 15.0 Å². The molecule has 1 amide bonds. The first-order chi connectivity index (χ1) is 13.7. The highest BCUT2D eigenvalue weighted by atomic mass is 79.9. The molecule has 156 valence electrons. The summed E-state index contributed by atoms with van der Waals surface area (Å²) < 4.78 is 17.5. The van der Waals surface area contributed by atoms with Crippen LogP contribution in [0.2, 0.25) is 0 Å². The molecule has 1 atom stereocenters. The molecule has 1 aliphatic rings. The first kappa shape index (κ1) is 21.7. The highest BCUT2D eigenvalue weighted by Gasteiger charge is 2.36. The third-order valence-corrected chi connectivity index (χ3v) is 5.71. The summed E-state index contributed by atoms with van der Waals surface area (Å²) in [5, 5.41) is 22.7. The minimum atomic E-state index is -0.822. The van der Waals surface area contributed by atoms with Crippen LogP contribution in [0.25, 0.3) is 0 Å². The van der Waals surface area contributed by atoms with Gasteiger partial charge in [-0.2, -0.15) is 0 Å². The van der Waals surface area contributed by atoms with Crippen LogP contribution < -0.4 is 14.8 Å². The summed E-state index contributed by atoms with van der Waals surface area (Å²) in [6, 6.07) is 8.40. The number of nitrogens with one attached hydrogen (secondary N) is 1. The molecule has 9 heteroatoms. The summed E-state index contributed by atoms with van der Waals surface area (Å²) >= 11 is 6.71. The summed E-state index contributed by atoms with van der Waals surface area (Å²) in [7, 11) is 0. The third kappa shape index (κ3) is 4.96. The Morgan fingerprint density at radius 3 is 2.69 bits per heavy atom. The maximum Gasteiger partial charge on any atom is 0.412 e. The van der Waals surface area contributed by atoms with E-state index in [1.54, 1.807) is 30.3 Å². The number of aliphatic hydroxyl groups excluding tert-OH is 1. The van der Waals surface area contributed by atoms with E-state index >= 15 is 0 Å². The Morgan fingerprint density at radius 1 is 1.24 bits per heavy atom. The fraction of sp³-hybridized carbons (Fsp3) is 0.350. The number of hydrogen-bond acceptors (Lipinski definition) is 6. The minimum Gasteiger partial charge on any atom is -0.506 e. The average Bonchev–Trinajstić information content (AvgIpc) is 3.10. The van der Waals surface area contributed by atoms with Gasteiger partial charge in [-0.3, -0.25) is 5.32 Å². The fourth-order valence-corrected chi connectivity index (χ4v) is 4.34. The monoisotopic (exact) mass is 529 g/mol. The third-order valence-electron chi connectivity index (χ3n) is 4.65. The van der Waals surface area contributed by atoms with Crippen LogP contribution in [-0.2, 0) is 4.74 Å². The van der Waals surface area contributed by atoms with Gasteiger partial charge >= 0.3 is 6.09 Å². The summed E-state index contributed by atoms with van der Waals surface area (Å²) in [5.74, 6) is 1.11. The standard InChI is InChI=1S/C20H21Br2NO6/c1-20(2,5-6-24)18(13-7-11(21)8-14(22)17(13)25)29-19(26)23-12-3-4-15-16(9-12)28-10-27-15/h3-4,7-9,18,24-25H,5-6,10H2,1-2H3,(H,23,26)/t18-/m0/s1. The topological polar surface area (TPSA) is 97.3 Å². The Balaban J connectivity index is 1.86. The lowest BCUT2D eigenvalue weighted by atomic mass is 9.79. The lowest BCUT2D eigenvalue weighted by molar-refractivity contribution is 0.0138. The number of amides is 1. The first-order valence-corrected chi connectivity index (χ1v) is 10.5. The normalized spacial score (nSPS) is 13.8. The van der Waals surface area contributed by atoms with Crippen molar-refractivity contribution in [3.8, 4) is 17.2 Å². The van der Waals surface area contributed by atoms with Crippen LogP contribution in [0.15, 0.2) is 39.3 Å². The molecule has 0 aromatic heterocycles. The summed E-state index contributed by atoms with van der Waals surface area (Å²) in [6.07, 6.45) is -1.16. The van der Waals surface area contributed by atoms with Gasteiger partial charge in [0, 0.05) is 33.8 Å². The number of hydrogen-bond donors (Lipinski definition) is 3. The number of aliphatic hydroxyl groups is 1. The zero-order valence-corrected chi connectivity index (χ0v) is 19.0. The SMILES string of the molecule is CC(C)(CCO)[C@@H](OC(=O)Nc1ccc2c(c1)OCO2)c1cc(Br)cc(Br)c1O. The van der Waals surface area contributed by atoms with E-state index in [2.05, 4.69) is 37.2 Å². The second kappa shape index (κ2) is 8.81. The lowest BCUT2D eigenvalue weighted by Gasteiger charge is -2.34. The van der Waals surface area contributed by atoms with E-state index in [0.29, 0.717) is 38.1 Å². The molecule has 2 aromatic rings. The number of halogens is 2. The number of benzene rings is 2. The zero-order chi connectivity index (χ0) is 21.2. The highest BCUT2D eigenvalue weighted by Crippen LogP contribution is 2.46. The van der Waals surface area contributed by atoms with E-state index < -0.39 is 17.6 Å². The van der Waals surface area contributed by atoms with Crippen LogP contribution in [0.5, 0.6) is 17.2 Å². The quantitative estimate of drug-likeness (QED) is 0.466. The van der Waals surface area contributed by atoms with E-state index in [0.717, 1.165) is 0 Å². The predicted molar refractivity (Wildman–Crippen MR) is 114 cm³/mol. The second-order valence-corrected chi connectivity index (χ2v) is 9.04. The van der Waals surface area contributed by atoms with Crippen molar-refractivity contribution in [3.63, 3.8) is 0 Å². The number of fused-ring (bicyclic) bond motifs is 1. The zero-order valence-electron chi connectivity index (χ0n) is 15.9. The predicted octanol–water partition coefficient (Wildman–Crippen LogP) is 5.34. The molecular formula is C20H21Br2NO6. The number of carbonyl (C=O) groups is 1. The molecule has 0 aliphatic carbocycles. The number of phenolic OH excluding ortho intramolecular Hbond substituents is 1. The van der Waals surface area contributed by atoms with Crippen LogP contribution in [-0.4, -0.2) is 29.7 Å². The van der Waals surface area contributed by atoms with Gasteiger partial charge < -0.3 is 24.4 Å². The summed E-state index contributed by atoms with van der Waals surface area (Å²) in [4.78, 5) is 12.7. The molecular weight excluding hydrogens is 510 g/mol. The van der Waals surface area contributed by atoms with Crippen molar-refractivity contribution in [2.75, 3.05) is 18.7 Å². The van der Waals surface area contributed by atoms with Gasteiger partial charge in [-0.05, 0) is 46.6 Å². The van der Waals surface area contributed by atoms with Gasteiger partial charge in [-0.15, -0.1) is 0 Å². The van der Waals surface area contributed by atoms with Crippen LogP contribution >= 0.6 is 31.9 Å². The second-order valence-electron chi connectivity index (χ2n) is 7.27. The first-order valence-electron chi connectivity index (χ1n) is 8.87. The van der Waals surface area contributed by atoms with Gasteiger partial charge in [0.15, 0.2) is 11.5 Å². The molecule has 0 saturated heterocycles. The largest absolute Gasteiger partial charge is 0.506 e. The van der Waals surface area contributed by atoms with Crippen molar-refractivity contribution in [1.82, 2.24) is 0 Å². The highest BCUT2D eigenvalue weighted by molar-refractivity contribution is 9.11. The molecule has 3 rings (SSSR count). The van der Waals surface area contributed by atoms with Gasteiger partial charge in [0.25, 0.3) is 0 Å². The molecule has 0 unspecified atom stereocenters. The number of carbonyl (C=O) groups excluding carboxylic acids is 1. The minimum absolute atomic E-state index is 0.0277. The van der Waals surface area contributed by atoms with Crippen LogP contribution in [0.3, 0.4) is 0 Å². The number of rotatable bonds is 6. The lowest BCUT2D eigenvalue weighted by Crippen LogP contribution is -2.30. The van der Waals surface area contributed by atoms with Gasteiger partial charge in [0.2, 0.25) is 6.79 Å². The van der Waals surface area contributed by atoms with Crippen molar-refractivity contribution < 1.29 is 29.2 Å². The molecule has 3 N–H and O–H groups in total. The van der Waals surface area contributed by atoms with E-state index in [1.807, 2.05) is 13.8 Å². The van der Waals surface area contributed by atoms with Crippen molar-refractivity contribution >= 4 is 43.6 Å². The van der Waals surface area contributed by atoms with Crippen LogP contribution in [0.4, 0.5) is 10.5 Å². The Labute approximate surface area is 185 Å². The summed E-state index contributed by atoms with van der Waals surface area (Å²) in [6.45, 7) is 3.76. The fourth-order valence-electron chi connectivity index (χ4n) is 3.08. The Kier molecular flexibility index (Phi) is 6.60. The van der Waals surface area contributed by atoms with Gasteiger partial charge in [-0.25, -0.2) is 4.79 Å². The molecule has 0 saturated carbocycles. The Hall–Kier alpha value is -1.97. The molecule has 1 aliphatic heterocycles. The Bertz CT molecular complexity index is 918. The Morgan fingerprint density at radius 2 is 1.97 bits per heavy atom. The van der Waals surface area contributed by atoms with E-state index in [-0.39, 0.29) is 19.1 Å². The molecule has 0 spiro atoms. The van der Waals surface area contributed by atoms with Gasteiger partial charge in [-0.1, -0.05) is 29.8 Å². The van der Waals surface area contributed by atoms with Gasteiger partial charge in [0.1, 0.15) is 11.9 Å². The van der Waals surface area contributed by atoms with Crippen molar-refractivity contribution in [2.45, 2.75) is 26.4 Å². The smallest absolute Gasteiger partial charge is 0.412 e. The molecule has 0 radical (unpaired) electrons. The van der Waals surface area contributed by atoms with Crippen LogP contribution in [0, 0.1) is 5.41 Å². The number of aromatic hydroxyl groups is 1. The number of ether oxygens (including phenoxy) is 3. The molecule has 7 nitrogen and oxygen atoms in total. The molecule has 29 heavy (non-hydrogen) atoms. The van der Waals surface area contributed by atoms with Crippen LogP contribution in [0.1, 0.15) is 31.9 Å². The number of phenols is 1. The van der Waals surface area contributed by atoms with Crippen molar-refractivity contribution in [1.29, 1.82) is 0 Å². The van der Waals surface area contributed by atoms with Crippen molar-refractivity contribution in [3.05, 3.63) is 44.8 Å². The summed E-state index contributed by atoms with van der Waals surface area (Å²) in [5.41, 5.74) is 0.252. The maximum absolute atomic E-state index is 12.7. The molecule has 0 fully saturated rings. The molecule has 0 bridgehead atoms. The molecule has 1 heterocycles. The van der Waals surface area contributed by atoms with E-state index in [4.69, 9.17) is 14.2 Å². The van der Waals surface area contributed by atoms with Crippen molar-refractivity contribution in [2.24, 2.45) is 5.41 Å². The average molecular weight is 531 g/mol. The van der Waals surface area contributed by atoms with Gasteiger partial charge in [0.05, 0.1) is 4.47 Å². The maximum atomic E-state index is 12.7. The number of anilines is 1. The molecule has 2 aromatic carbocycles.